The first-order valence-corrected chi connectivity index (χ1v) is 8.90. The number of fused-ring (bicyclic) bond motifs is 1. The van der Waals surface area contributed by atoms with E-state index >= 15 is 0 Å². The lowest BCUT2D eigenvalue weighted by atomic mass is 10.1. The molecule has 2 aromatic heterocycles. The number of aryl methyl sites for hydroxylation is 1. The van der Waals surface area contributed by atoms with E-state index in [4.69, 9.17) is 15.5 Å². The minimum atomic E-state index is 0.473. The van der Waals surface area contributed by atoms with E-state index in [0.717, 1.165) is 27.8 Å². The molecule has 0 fully saturated rings. The van der Waals surface area contributed by atoms with E-state index in [1.54, 1.807) is 19.4 Å². The van der Waals surface area contributed by atoms with E-state index in [1.807, 2.05) is 38.4 Å². The number of nitrogens with zero attached hydrogens (tertiary/aromatic N) is 3. The fourth-order valence-electron chi connectivity index (χ4n) is 3.31. The fourth-order valence-corrected chi connectivity index (χ4v) is 3.31. The minimum Gasteiger partial charge on any atom is -0.494 e. The number of hydrogen-bond donors (Lipinski definition) is 3. The highest BCUT2D eigenvalue weighted by Crippen LogP contribution is 2.35. The van der Waals surface area contributed by atoms with Crippen LogP contribution in [0.4, 0.5) is 23.0 Å². The number of benzene rings is 2. The zero-order valence-electron chi connectivity index (χ0n) is 16.0. The molecule has 0 radical (unpaired) electrons. The first-order valence-electron chi connectivity index (χ1n) is 8.90. The molecule has 4 aromatic rings. The molecule has 0 amide bonds. The molecule has 0 atom stereocenters. The Hall–Kier alpha value is -3.74. The minimum absolute atomic E-state index is 0.473. The predicted molar refractivity (Wildman–Crippen MR) is 114 cm³/mol. The maximum absolute atomic E-state index is 6.09. The Morgan fingerprint density at radius 3 is 2.71 bits per heavy atom. The van der Waals surface area contributed by atoms with Gasteiger partial charge in [-0.15, -0.1) is 0 Å². The van der Waals surface area contributed by atoms with Crippen molar-refractivity contribution >= 4 is 33.9 Å². The van der Waals surface area contributed by atoms with Crippen molar-refractivity contribution in [2.24, 2.45) is 7.05 Å². The molecule has 28 heavy (non-hydrogen) atoms. The van der Waals surface area contributed by atoms with Gasteiger partial charge in [0.25, 0.3) is 0 Å². The molecule has 0 saturated carbocycles. The van der Waals surface area contributed by atoms with Crippen LogP contribution in [-0.4, -0.2) is 28.7 Å². The number of anilines is 4. The van der Waals surface area contributed by atoms with Gasteiger partial charge in [0, 0.05) is 49.0 Å². The summed E-state index contributed by atoms with van der Waals surface area (Å²) in [4.78, 5) is 9.06. The fraction of sp³-hybridized carbons (Fsp3) is 0.143. The van der Waals surface area contributed by atoms with Gasteiger partial charge in [-0.25, -0.2) is 9.97 Å². The topological polar surface area (TPSA) is 90.0 Å². The summed E-state index contributed by atoms with van der Waals surface area (Å²) in [6.07, 6.45) is 3.82. The Kier molecular flexibility index (Phi) is 4.49. The summed E-state index contributed by atoms with van der Waals surface area (Å²) in [6.45, 7) is 0. The number of nitrogen functional groups attached to an aromatic ring is 1. The van der Waals surface area contributed by atoms with Gasteiger partial charge in [-0.1, -0.05) is 18.2 Å². The van der Waals surface area contributed by atoms with Crippen molar-refractivity contribution in [1.29, 1.82) is 0 Å². The van der Waals surface area contributed by atoms with Crippen LogP contribution in [0.15, 0.2) is 54.9 Å². The van der Waals surface area contributed by atoms with Crippen LogP contribution in [0.5, 0.6) is 5.75 Å². The van der Waals surface area contributed by atoms with Gasteiger partial charge in [-0.05, 0) is 18.2 Å². The van der Waals surface area contributed by atoms with E-state index < -0.39 is 0 Å². The maximum Gasteiger partial charge on any atom is 0.227 e. The van der Waals surface area contributed by atoms with Crippen molar-refractivity contribution in [2.45, 2.75) is 0 Å². The molecular weight excluding hydrogens is 352 g/mol. The van der Waals surface area contributed by atoms with Gasteiger partial charge in [-0.3, -0.25) is 0 Å². The first kappa shape index (κ1) is 17.7. The summed E-state index contributed by atoms with van der Waals surface area (Å²) < 4.78 is 7.57. The van der Waals surface area contributed by atoms with Crippen LogP contribution in [0.3, 0.4) is 0 Å². The molecule has 0 spiro atoms. The van der Waals surface area contributed by atoms with Crippen LogP contribution in [0.2, 0.25) is 0 Å². The molecule has 2 aromatic carbocycles. The average molecular weight is 374 g/mol. The van der Waals surface area contributed by atoms with E-state index in [0.29, 0.717) is 23.1 Å². The van der Waals surface area contributed by atoms with Crippen LogP contribution in [0, 0.1) is 0 Å². The van der Waals surface area contributed by atoms with Crippen molar-refractivity contribution in [3.8, 4) is 17.0 Å². The highest BCUT2D eigenvalue weighted by molar-refractivity contribution is 5.95. The number of ether oxygens (including phenoxy) is 1. The Morgan fingerprint density at radius 2 is 1.93 bits per heavy atom. The number of aromatic nitrogens is 3. The molecule has 4 rings (SSSR count). The third kappa shape index (κ3) is 3.07. The molecule has 7 heteroatoms. The molecule has 0 aliphatic rings. The van der Waals surface area contributed by atoms with E-state index in [-0.39, 0.29) is 0 Å². The summed E-state index contributed by atoms with van der Waals surface area (Å²) in [5.74, 6) is 1.12. The molecule has 0 aliphatic heterocycles. The number of methoxy groups -OCH3 is 1. The monoisotopic (exact) mass is 374 g/mol. The lowest BCUT2D eigenvalue weighted by Crippen LogP contribution is -2.03. The zero-order valence-corrected chi connectivity index (χ0v) is 16.0. The second-order valence-corrected chi connectivity index (χ2v) is 6.45. The number of nitrogens with one attached hydrogen (secondary N) is 2. The largest absolute Gasteiger partial charge is 0.494 e. The summed E-state index contributed by atoms with van der Waals surface area (Å²) in [7, 11) is 5.46. The van der Waals surface area contributed by atoms with Crippen molar-refractivity contribution in [3.63, 3.8) is 0 Å². The van der Waals surface area contributed by atoms with Crippen molar-refractivity contribution in [1.82, 2.24) is 14.5 Å². The van der Waals surface area contributed by atoms with Gasteiger partial charge in [0.2, 0.25) is 5.95 Å². The SMILES string of the molecule is CNc1cc(OC)c(Nc2nccc(-c3cn(C)c4ccccc34)n2)cc1N. The second kappa shape index (κ2) is 7.11. The second-order valence-electron chi connectivity index (χ2n) is 6.45. The van der Waals surface area contributed by atoms with Gasteiger partial charge < -0.3 is 25.7 Å². The molecule has 0 unspecified atom stereocenters. The Morgan fingerprint density at radius 1 is 1.11 bits per heavy atom. The zero-order chi connectivity index (χ0) is 19.7. The molecule has 0 bridgehead atoms. The normalized spacial score (nSPS) is 10.8. The molecule has 2 heterocycles. The summed E-state index contributed by atoms with van der Waals surface area (Å²) >= 11 is 0. The van der Waals surface area contributed by atoms with Crippen molar-refractivity contribution in [2.75, 3.05) is 30.5 Å². The number of para-hydroxylation sites is 1. The molecule has 7 nitrogen and oxygen atoms in total. The van der Waals surface area contributed by atoms with E-state index in [2.05, 4.69) is 38.5 Å². The van der Waals surface area contributed by atoms with E-state index in [9.17, 15) is 0 Å². The number of hydrogen-bond acceptors (Lipinski definition) is 6. The van der Waals surface area contributed by atoms with Crippen molar-refractivity contribution in [3.05, 3.63) is 54.9 Å². The molecule has 0 aliphatic carbocycles. The number of nitrogens with two attached hydrogens (primary N) is 1. The highest BCUT2D eigenvalue weighted by atomic mass is 16.5. The molecule has 4 N–H and O–H groups in total. The number of rotatable bonds is 5. The lowest BCUT2D eigenvalue weighted by molar-refractivity contribution is 0.417. The van der Waals surface area contributed by atoms with Gasteiger partial charge in [-0.2, -0.15) is 0 Å². The third-order valence-electron chi connectivity index (χ3n) is 4.72. The summed E-state index contributed by atoms with van der Waals surface area (Å²) in [5.41, 5.74) is 11.3. The predicted octanol–water partition coefficient (Wildman–Crippen LogP) is 4.01. The first-order chi connectivity index (χ1) is 13.6. The summed E-state index contributed by atoms with van der Waals surface area (Å²) in [6, 6.07) is 13.8. The van der Waals surface area contributed by atoms with Crippen LogP contribution in [-0.2, 0) is 7.05 Å². The summed E-state index contributed by atoms with van der Waals surface area (Å²) in [5, 5.41) is 7.41. The quantitative estimate of drug-likeness (QED) is 0.457. The Bertz CT molecular complexity index is 1150. The Labute approximate surface area is 163 Å². The van der Waals surface area contributed by atoms with Gasteiger partial charge in [0.05, 0.1) is 29.9 Å². The smallest absolute Gasteiger partial charge is 0.227 e. The van der Waals surface area contributed by atoms with Gasteiger partial charge in [0.15, 0.2) is 0 Å². The van der Waals surface area contributed by atoms with Gasteiger partial charge >= 0.3 is 0 Å². The molecular formula is C21H22N6O. The third-order valence-corrected chi connectivity index (χ3v) is 4.72. The highest BCUT2D eigenvalue weighted by Gasteiger charge is 2.13. The van der Waals surface area contributed by atoms with Gasteiger partial charge in [0.1, 0.15) is 5.75 Å². The van der Waals surface area contributed by atoms with Crippen LogP contribution in [0.1, 0.15) is 0 Å². The maximum atomic E-state index is 6.09. The Balaban J connectivity index is 1.73. The lowest BCUT2D eigenvalue weighted by Gasteiger charge is -2.14. The molecule has 142 valence electrons. The van der Waals surface area contributed by atoms with Crippen LogP contribution >= 0.6 is 0 Å². The average Bonchev–Trinajstić information content (AvgIpc) is 3.05. The van der Waals surface area contributed by atoms with E-state index in [1.165, 1.54) is 0 Å². The van der Waals surface area contributed by atoms with Crippen LogP contribution in [0.25, 0.3) is 22.2 Å². The van der Waals surface area contributed by atoms with Crippen molar-refractivity contribution < 1.29 is 4.74 Å². The molecule has 0 saturated heterocycles. The van der Waals surface area contributed by atoms with Crippen LogP contribution < -0.4 is 21.1 Å². The standard InChI is InChI=1S/C21H22N6O/c1-23-17-11-20(28-3)18(10-15(17)22)26-21-24-9-8-16(25-21)14-12-27(2)19-7-5-4-6-13(14)19/h4-12,23H,22H2,1-3H3,(H,24,25,26).